The Morgan fingerprint density at radius 3 is 2.74 bits per heavy atom. The first kappa shape index (κ1) is 12.2. The van der Waals surface area contributed by atoms with Gasteiger partial charge in [-0.1, -0.05) is 0 Å². The third kappa shape index (κ3) is 2.62. The second kappa shape index (κ2) is 4.68. The minimum Gasteiger partial charge on any atom is -0.480 e. The third-order valence-electron chi connectivity index (χ3n) is 4.21. The molecule has 19 heavy (non-hydrogen) atoms. The maximum atomic E-state index is 12.1. The number of imidazole rings is 1. The molecular weight excluding hydrogens is 246 g/mol. The summed E-state index contributed by atoms with van der Waals surface area (Å²) < 4.78 is 0. The molecule has 2 aliphatic rings. The molecule has 1 heterocycles. The fraction of sp³-hybridized carbons (Fsp3) is 0.615. The lowest BCUT2D eigenvalue weighted by Crippen LogP contribution is -2.44. The zero-order valence-corrected chi connectivity index (χ0v) is 10.5. The number of aliphatic carboxylic acids is 1. The van der Waals surface area contributed by atoms with Crippen LogP contribution in [-0.2, 0) is 16.0 Å². The molecule has 2 unspecified atom stereocenters. The molecule has 1 aromatic heterocycles. The molecule has 3 rings (SSSR count). The van der Waals surface area contributed by atoms with Gasteiger partial charge in [-0.05, 0) is 31.1 Å². The molecular formula is C13H17N3O3. The van der Waals surface area contributed by atoms with Crippen molar-refractivity contribution in [2.45, 2.75) is 31.7 Å². The molecule has 0 saturated heterocycles. The molecule has 6 nitrogen and oxygen atoms in total. The van der Waals surface area contributed by atoms with Gasteiger partial charge in [0.15, 0.2) is 0 Å². The number of hydrogen-bond acceptors (Lipinski definition) is 3. The van der Waals surface area contributed by atoms with Crippen molar-refractivity contribution in [2.75, 3.05) is 0 Å². The number of nitrogens with zero attached hydrogens (tertiary/aromatic N) is 1. The smallest absolute Gasteiger partial charge is 0.326 e. The number of carboxylic acids is 1. The number of aromatic nitrogens is 2. The average Bonchev–Trinajstić information content (AvgIpc) is 2.83. The van der Waals surface area contributed by atoms with E-state index in [1.54, 1.807) is 6.20 Å². The van der Waals surface area contributed by atoms with Gasteiger partial charge in [-0.2, -0.15) is 0 Å². The zero-order valence-electron chi connectivity index (χ0n) is 10.5. The van der Waals surface area contributed by atoms with E-state index in [2.05, 4.69) is 15.3 Å². The molecule has 0 bridgehead atoms. The summed E-state index contributed by atoms with van der Waals surface area (Å²) in [5.74, 6) is 0.316. The summed E-state index contributed by atoms with van der Waals surface area (Å²) in [6.45, 7) is 0. The van der Waals surface area contributed by atoms with Crippen molar-refractivity contribution in [1.82, 2.24) is 15.3 Å². The van der Waals surface area contributed by atoms with Gasteiger partial charge < -0.3 is 15.4 Å². The van der Waals surface area contributed by atoms with Gasteiger partial charge in [-0.15, -0.1) is 0 Å². The van der Waals surface area contributed by atoms with E-state index in [4.69, 9.17) is 0 Å². The maximum Gasteiger partial charge on any atom is 0.326 e. The van der Waals surface area contributed by atoms with E-state index in [0.29, 0.717) is 17.5 Å². The van der Waals surface area contributed by atoms with Gasteiger partial charge in [-0.3, -0.25) is 4.79 Å². The predicted molar refractivity (Wildman–Crippen MR) is 66.2 cm³/mol. The molecule has 2 aliphatic carbocycles. The molecule has 1 amide bonds. The minimum absolute atomic E-state index is 0.00682. The van der Waals surface area contributed by atoms with E-state index in [0.717, 1.165) is 12.8 Å². The average molecular weight is 263 g/mol. The van der Waals surface area contributed by atoms with Crippen LogP contribution in [0.3, 0.4) is 0 Å². The van der Waals surface area contributed by atoms with Crippen molar-refractivity contribution < 1.29 is 14.7 Å². The topological polar surface area (TPSA) is 95.1 Å². The Hall–Kier alpha value is -1.85. The van der Waals surface area contributed by atoms with Crippen molar-refractivity contribution in [3.8, 4) is 0 Å². The number of carbonyl (C=O) groups is 2. The van der Waals surface area contributed by atoms with E-state index >= 15 is 0 Å². The second-order valence-corrected chi connectivity index (χ2v) is 5.60. The first-order chi connectivity index (χ1) is 9.13. The zero-order chi connectivity index (χ0) is 13.4. The van der Waals surface area contributed by atoms with Crippen LogP contribution in [0.2, 0.25) is 0 Å². The normalized spacial score (nSPS) is 29.6. The quantitative estimate of drug-likeness (QED) is 0.723. The summed E-state index contributed by atoms with van der Waals surface area (Å²) >= 11 is 0. The molecule has 1 aromatic rings. The number of carbonyl (C=O) groups excluding carboxylic acids is 1. The van der Waals surface area contributed by atoms with Crippen molar-refractivity contribution >= 4 is 11.9 Å². The molecule has 3 N–H and O–H groups in total. The van der Waals surface area contributed by atoms with Crippen LogP contribution in [-0.4, -0.2) is 33.0 Å². The third-order valence-corrected chi connectivity index (χ3v) is 4.21. The largest absolute Gasteiger partial charge is 0.480 e. The Kier molecular flexibility index (Phi) is 3.00. The van der Waals surface area contributed by atoms with Gasteiger partial charge in [0.2, 0.25) is 5.91 Å². The fourth-order valence-corrected chi connectivity index (χ4v) is 3.03. The molecule has 0 spiro atoms. The van der Waals surface area contributed by atoms with Gasteiger partial charge >= 0.3 is 5.97 Å². The molecule has 3 atom stereocenters. The summed E-state index contributed by atoms with van der Waals surface area (Å²) in [4.78, 5) is 30.0. The summed E-state index contributed by atoms with van der Waals surface area (Å²) in [6, 6.07) is -0.884. The molecule has 0 aromatic carbocycles. The molecule has 2 fully saturated rings. The molecule has 2 saturated carbocycles. The van der Waals surface area contributed by atoms with E-state index < -0.39 is 12.0 Å². The van der Waals surface area contributed by atoms with Crippen molar-refractivity contribution in [2.24, 2.45) is 17.8 Å². The van der Waals surface area contributed by atoms with Crippen LogP contribution in [0.4, 0.5) is 0 Å². The van der Waals surface area contributed by atoms with Crippen molar-refractivity contribution in [1.29, 1.82) is 0 Å². The summed E-state index contributed by atoms with van der Waals surface area (Å²) in [7, 11) is 0. The van der Waals surface area contributed by atoms with Gasteiger partial charge in [0, 0.05) is 24.2 Å². The highest BCUT2D eigenvalue weighted by Gasteiger charge is 2.48. The van der Waals surface area contributed by atoms with Gasteiger partial charge in [-0.25, -0.2) is 9.78 Å². The molecule has 0 radical (unpaired) electrons. The number of aromatic amines is 1. The van der Waals surface area contributed by atoms with Gasteiger partial charge in [0.25, 0.3) is 0 Å². The number of H-pyrrole nitrogens is 1. The lowest BCUT2D eigenvalue weighted by Gasteiger charge is -2.17. The van der Waals surface area contributed by atoms with Crippen molar-refractivity contribution in [3.63, 3.8) is 0 Å². The van der Waals surface area contributed by atoms with Gasteiger partial charge in [0.1, 0.15) is 6.04 Å². The number of hydrogen-bond donors (Lipinski definition) is 3. The Morgan fingerprint density at radius 2 is 2.16 bits per heavy atom. The maximum absolute atomic E-state index is 12.1. The molecule has 0 aliphatic heterocycles. The van der Waals surface area contributed by atoms with Crippen LogP contribution in [0, 0.1) is 17.8 Å². The molecule has 6 heteroatoms. The summed E-state index contributed by atoms with van der Waals surface area (Å²) in [5.41, 5.74) is 0.710. The molecule has 102 valence electrons. The fourth-order valence-electron chi connectivity index (χ4n) is 3.03. The predicted octanol–water partition coefficient (Wildman–Crippen LogP) is 0.568. The number of fused-ring (bicyclic) bond motifs is 1. The Labute approximate surface area is 110 Å². The highest BCUT2D eigenvalue weighted by atomic mass is 16.4. The van der Waals surface area contributed by atoms with Crippen molar-refractivity contribution in [3.05, 3.63) is 18.2 Å². The van der Waals surface area contributed by atoms with E-state index in [1.165, 1.54) is 12.7 Å². The van der Waals surface area contributed by atoms with Crippen LogP contribution < -0.4 is 5.32 Å². The Morgan fingerprint density at radius 1 is 1.42 bits per heavy atom. The van der Waals surface area contributed by atoms with E-state index in [1.807, 2.05) is 0 Å². The first-order valence-electron chi connectivity index (χ1n) is 6.64. The minimum atomic E-state index is -1.01. The van der Waals surface area contributed by atoms with E-state index in [-0.39, 0.29) is 18.2 Å². The van der Waals surface area contributed by atoms with Crippen LogP contribution in [0.25, 0.3) is 0 Å². The summed E-state index contributed by atoms with van der Waals surface area (Å²) in [5, 5.41) is 11.8. The highest BCUT2D eigenvalue weighted by Crippen LogP contribution is 2.54. The SMILES string of the molecule is O=C(N[C@@H](Cc1cnc[nH]1)C(=O)O)C1CC2CC2C1. The van der Waals surface area contributed by atoms with Crippen LogP contribution in [0.5, 0.6) is 0 Å². The highest BCUT2D eigenvalue weighted by molar-refractivity contribution is 5.85. The lowest BCUT2D eigenvalue weighted by atomic mass is 10.0. The monoisotopic (exact) mass is 263 g/mol. The first-order valence-corrected chi connectivity index (χ1v) is 6.64. The number of amides is 1. The van der Waals surface area contributed by atoms with Crippen LogP contribution in [0.15, 0.2) is 12.5 Å². The van der Waals surface area contributed by atoms with E-state index in [9.17, 15) is 14.7 Å². The Balaban J connectivity index is 1.58. The van der Waals surface area contributed by atoms with Gasteiger partial charge in [0.05, 0.1) is 6.33 Å². The van der Waals surface area contributed by atoms with Crippen LogP contribution in [0.1, 0.15) is 25.0 Å². The standard InChI is InChI=1S/C13H17N3O3/c17-12(9-2-7-1-8(7)3-9)16-11(13(18)19)4-10-5-14-6-15-10/h5-9,11H,1-4H2,(H,14,15)(H,16,17)(H,18,19)/t7?,8?,9?,11-/m0/s1. The Bertz CT molecular complexity index is 475. The lowest BCUT2D eigenvalue weighted by molar-refractivity contribution is -0.142. The number of nitrogens with one attached hydrogen (secondary N) is 2. The number of rotatable bonds is 5. The number of carboxylic acid groups (broad SMARTS) is 1. The summed E-state index contributed by atoms with van der Waals surface area (Å²) in [6.07, 6.45) is 6.41. The second-order valence-electron chi connectivity index (χ2n) is 5.60. The van der Waals surface area contributed by atoms with Crippen LogP contribution >= 0.6 is 0 Å².